The Morgan fingerprint density at radius 2 is 1.65 bits per heavy atom. The number of amides is 3. The molecule has 0 atom stereocenters. The lowest BCUT2D eigenvalue weighted by Crippen LogP contribution is -2.41. The third-order valence-electron chi connectivity index (χ3n) is 4.03. The number of carbonyl (C=O) groups excluding carboxylic acids is 2. The Hall–Kier alpha value is -2.34. The molecule has 0 aliphatic carbocycles. The Balaban J connectivity index is 2.68. The summed E-state index contributed by atoms with van der Waals surface area (Å²) >= 11 is 0. The topological polar surface area (TPSA) is 96.2 Å². The first kappa shape index (κ1) is 18.7. The summed E-state index contributed by atoms with van der Waals surface area (Å²) in [5.41, 5.74) is 6.55. The van der Waals surface area contributed by atoms with E-state index in [1.807, 2.05) is 13.8 Å². The van der Waals surface area contributed by atoms with Crippen molar-refractivity contribution in [1.82, 2.24) is 5.32 Å². The molecular weight excluding hydrogens is 292 g/mol. The first-order valence-electron chi connectivity index (χ1n) is 7.78. The highest BCUT2D eigenvalue weighted by atomic mass is 16.2. The molecule has 0 aliphatic heterocycles. The second-order valence-corrected chi connectivity index (χ2v) is 5.35. The average Bonchev–Trinajstić information content (AvgIpc) is 2.57. The van der Waals surface area contributed by atoms with Gasteiger partial charge in [-0.3, -0.25) is 4.79 Å². The number of hydrogen-bond donors (Lipinski definition) is 4. The van der Waals surface area contributed by atoms with Gasteiger partial charge in [0.25, 0.3) is 0 Å². The van der Waals surface area contributed by atoms with E-state index in [4.69, 9.17) is 5.73 Å². The smallest absolute Gasteiger partial charge is 0.319 e. The summed E-state index contributed by atoms with van der Waals surface area (Å²) in [4.78, 5) is 24.0. The first-order chi connectivity index (χ1) is 11.0. The first-order valence-corrected chi connectivity index (χ1v) is 7.78. The number of anilines is 2. The summed E-state index contributed by atoms with van der Waals surface area (Å²) in [5, 5.41) is 8.20. The van der Waals surface area contributed by atoms with Gasteiger partial charge in [0.05, 0.1) is 5.41 Å². The van der Waals surface area contributed by atoms with Crippen LogP contribution < -0.4 is 21.7 Å². The minimum atomic E-state index is -0.540. The lowest BCUT2D eigenvalue weighted by atomic mass is 9.81. The van der Waals surface area contributed by atoms with Crippen LogP contribution in [0.2, 0.25) is 0 Å². The lowest BCUT2D eigenvalue weighted by Gasteiger charge is -2.28. The monoisotopic (exact) mass is 318 g/mol. The molecule has 23 heavy (non-hydrogen) atoms. The van der Waals surface area contributed by atoms with Gasteiger partial charge < -0.3 is 21.7 Å². The van der Waals surface area contributed by atoms with Crippen molar-refractivity contribution in [1.29, 1.82) is 0 Å². The Labute approximate surface area is 137 Å². The van der Waals surface area contributed by atoms with Gasteiger partial charge in [0.1, 0.15) is 0 Å². The van der Waals surface area contributed by atoms with E-state index >= 15 is 0 Å². The molecule has 0 bridgehead atoms. The van der Waals surface area contributed by atoms with Gasteiger partial charge in [-0.1, -0.05) is 19.9 Å². The third-order valence-corrected chi connectivity index (χ3v) is 4.03. The molecule has 0 fully saturated rings. The molecule has 0 radical (unpaired) electrons. The van der Waals surface area contributed by atoms with Crippen LogP contribution in [0.3, 0.4) is 0 Å². The third kappa shape index (κ3) is 5.10. The molecule has 0 saturated carbocycles. The number of nitrogens with two attached hydrogens (primary N) is 1. The van der Waals surface area contributed by atoms with Gasteiger partial charge in [-0.2, -0.15) is 0 Å². The van der Waals surface area contributed by atoms with Crippen molar-refractivity contribution >= 4 is 23.3 Å². The van der Waals surface area contributed by atoms with Crippen molar-refractivity contribution in [3.05, 3.63) is 36.9 Å². The van der Waals surface area contributed by atoms with Crippen LogP contribution in [-0.4, -0.2) is 25.0 Å². The molecule has 1 aromatic rings. The number of urea groups is 1. The van der Waals surface area contributed by atoms with E-state index in [1.54, 1.807) is 30.3 Å². The van der Waals surface area contributed by atoms with Gasteiger partial charge in [-0.25, -0.2) is 4.79 Å². The normalized spacial score (nSPS) is 10.7. The predicted octanol–water partition coefficient (Wildman–Crippen LogP) is 2.70. The van der Waals surface area contributed by atoms with Gasteiger partial charge in [0.15, 0.2) is 0 Å². The summed E-state index contributed by atoms with van der Waals surface area (Å²) in [6.45, 7) is 8.17. The molecule has 0 heterocycles. The molecule has 0 unspecified atom stereocenters. The predicted molar refractivity (Wildman–Crippen MR) is 94.4 cm³/mol. The van der Waals surface area contributed by atoms with E-state index < -0.39 is 5.41 Å². The standard InChI is InChI=1S/C17H26N4O2/c1-4-11-19-16(23)21-14-9-7-13(8-10-14)20-15(22)17(5-2,6-3)12-18/h4,7-10H,1,5-6,11-12,18H2,2-3H3,(H,20,22)(H2,19,21,23). The van der Waals surface area contributed by atoms with Gasteiger partial charge in [0.2, 0.25) is 5.91 Å². The van der Waals surface area contributed by atoms with Crippen molar-refractivity contribution in [2.24, 2.45) is 11.1 Å². The zero-order valence-corrected chi connectivity index (χ0v) is 13.8. The maximum absolute atomic E-state index is 12.4. The van der Waals surface area contributed by atoms with E-state index in [9.17, 15) is 9.59 Å². The average molecular weight is 318 g/mol. The number of rotatable bonds is 8. The number of benzene rings is 1. The fourth-order valence-electron chi connectivity index (χ4n) is 2.19. The Morgan fingerprint density at radius 3 is 2.09 bits per heavy atom. The van der Waals surface area contributed by atoms with Gasteiger partial charge in [-0.15, -0.1) is 6.58 Å². The fourth-order valence-corrected chi connectivity index (χ4v) is 2.19. The Morgan fingerprint density at radius 1 is 1.13 bits per heavy atom. The van der Waals surface area contributed by atoms with Crippen molar-refractivity contribution in [2.75, 3.05) is 23.7 Å². The molecule has 1 aromatic carbocycles. The highest BCUT2D eigenvalue weighted by molar-refractivity contribution is 5.96. The minimum Gasteiger partial charge on any atom is -0.334 e. The van der Waals surface area contributed by atoms with Crippen LogP contribution in [-0.2, 0) is 4.79 Å². The van der Waals surface area contributed by atoms with E-state index in [2.05, 4.69) is 22.5 Å². The second-order valence-electron chi connectivity index (χ2n) is 5.35. The van der Waals surface area contributed by atoms with Crippen molar-refractivity contribution in [3.8, 4) is 0 Å². The SMILES string of the molecule is C=CCNC(=O)Nc1ccc(NC(=O)C(CC)(CC)CN)cc1. The molecular formula is C17H26N4O2. The van der Waals surface area contributed by atoms with E-state index in [0.29, 0.717) is 37.3 Å². The van der Waals surface area contributed by atoms with Crippen LogP contribution in [0, 0.1) is 5.41 Å². The lowest BCUT2D eigenvalue weighted by molar-refractivity contribution is -0.125. The van der Waals surface area contributed by atoms with Crippen LogP contribution in [0.4, 0.5) is 16.2 Å². The zero-order chi connectivity index (χ0) is 17.3. The molecule has 1 rings (SSSR count). The molecule has 6 heteroatoms. The molecule has 0 aromatic heterocycles. The largest absolute Gasteiger partial charge is 0.334 e. The molecule has 0 spiro atoms. The van der Waals surface area contributed by atoms with Crippen LogP contribution in [0.25, 0.3) is 0 Å². The van der Waals surface area contributed by atoms with Gasteiger partial charge in [-0.05, 0) is 37.1 Å². The molecule has 3 amide bonds. The van der Waals surface area contributed by atoms with Crippen molar-refractivity contribution < 1.29 is 9.59 Å². The van der Waals surface area contributed by atoms with Gasteiger partial charge >= 0.3 is 6.03 Å². The van der Waals surface area contributed by atoms with E-state index in [-0.39, 0.29) is 11.9 Å². The summed E-state index contributed by atoms with van der Waals surface area (Å²) in [6, 6.07) is 6.64. The molecule has 0 saturated heterocycles. The van der Waals surface area contributed by atoms with Crippen molar-refractivity contribution in [2.45, 2.75) is 26.7 Å². The molecule has 5 N–H and O–H groups in total. The summed E-state index contributed by atoms with van der Waals surface area (Å²) in [7, 11) is 0. The number of carbonyl (C=O) groups is 2. The quantitative estimate of drug-likeness (QED) is 0.555. The van der Waals surface area contributed by atoms with Crippen LogP contribution in [0.5, 0.6) is 0 Å². The summed E-state index contributed by atoms with van der Waals surface area (Å²) in [5.74, 6) is -0.0746. The maximum atomic E-state index is 12.4. The van der Waals surface area contributed by atoms with Crippen LogP contribution in [0.15, 0.2) is 36.9 Å². The summed E-state index contributed by atoms with van der Waals surface area (Å²) in [6.07, 6.45) is 2.98. The summed E-state index contributed by atoms with van der Waals surface area (Å²) < 4.78 is 0. The van der Waals surface area contributed by atoms with Crippen molar-refractivity contribution in [3.63, 3.8) is 0 Å². The second kappa shape index (κ2) is 8.95. The highest BCUT2D eigenvalue weighted by Gasteiger charge is 2.33. The molecule has 6 nitrogen and oxygen atoms in total. The fraction of sp³-hybridized carbons (Fsp3) is 0.412. The van der Waals surface area contributed by atoms with E-state index in [0.717, 1.165) is 0 Å². The zero-order valence-electron chi connectivity index (χ0n) is 13.8. The highest BCUT2D eigenvalue weighted by Crippen LogP contribution is 2.27. The maximum Gasteiger partial charge on any atom is 0.319 e. The van der Waals surface area contributed by atoms with Crippen LogP contribution >= 0.6 is 0 Å². The van der Waals surface area contributed by atoms with Crippen LogP contribution in [0.1, 0.15) is 26.7 Å². The minimum absolute atomic E-state index is 0.0746. The van der Waals surface area contributed by atoms with E-state index in [1.165, 1.54) is 0 Å². The number of nitrogens with one attached hydrogen (secondary N) is 3. The molecule has 0 aliphatic rings. The van der Waals surface area contributed by atoms with Gasteiger partial charge in [0, 0.05) is 24.5 Å². The Bertz CT molecular complexity index is 528. The molecule has 126 valence electrons. The Kier molecular flexibility index (Phi) is 7.28. The number of hydrogen-bond acceptors (Lipinski definition) is 3.